The van der Waals surface area contributed by atoms with Crippen molar-refractivity contribution in [3.05, 3.63) is 0 Å². The van der Waals surface area contributed by atoms with Crippen LogP contribution >= 0.6 is 11.8 Å². The molecule has 1 fully saturated rings. The highest BCUT2D eigenvalue weighted by Gasteiger charge is 2.14. The lowest BCUT2D eigenvalue weighted by molar-refractivity contribution is 0.541. The topological polar surface area (TPSA) is 24.4 Å². The van der Waals surface area contributed by atoms with Crippen LogP contribution in [0.2, 0.25) is 0 Å². The van der Waals surface area contributed by atoms with Gasteiger partial charge < -0.3 is 5.32 Å². The molecule has 0 aromatic rings. The van der Waals surface area contributed by atoms with Gasteiger partial charge in [0.2, 0.25) is 0 Å². The Labute approximate surface area is 92.0 Å². The highest BCUT2D eigenvalue weighted by Crippen LogP contribution is 2.13. The van der Waals surface area contributed by atoms with Gasteiger partial charge in [-0.1, -0.05) is 38.5 Å². The fourth-order valence-electron chi connectivity index (χ4n) is 1.43. The van der Waals surface area contributed by atoms with E-state index >= 15 is 0 Å². The first-order valence-electron chi connectivity index (χ1n) is 5.62. The minimum atomic E-state index is 0.606. The number of hydrogen-bond donors (Lipinski definition) is 1. The van der Waals surface area contributed by atoms with E-state index in [2.05, 4.69) is 31.1 Å². The summed E-state index contributed by atoms with van der Waals surface area (Å²) in [6.07, 6.45) is 3.88. The second-order valence-corrected chi connectivity index (χ2v) is 5.44. The Morgan fingerprint density at radius 2 is 2.29 bits per heavy atom. The molecule has 0 spiro atoms. The van der Waals surface area contributed by atoms with Gasteiger partial charge in [0.25, 0.3) is 0 Å². The van der Waals surface area contributed by atoms with Gasteiger partial charge in [-0.05, 0) is 19.3 Å². The summed E-state index contributed by atoms with van der Waals surface area (Å²) in [7, 11) is 0. The van der Waals surface area contributed by atoms with Crippen molar-refractivity contribution in [1.29, 1.82) is 0 Å². The first-order chi connectivity index (χ1) is 6.68. The fraction of sp³-hybridized carbons (Fsp3) is 0.909. The Kier molecular flexibility index (Phi) is 5.38. The number of amidine groups is 1. The third kappa shape index (κ3) is 4.89. The van der Waals surface area contributed by atoms with Crippen LogP contribution in [0.4, 0.5) is 0 Å². The molecule has 0 amide bonds. The van der Waals surface area contributed by atoms with Crippen LogP contribution < -0.4 is 5.32 Å². The van der Waals surface area contributed by atoms with Crippen molar-refractivity contribution in [2.75, 3.05) is 12.3 Å². The summed E-state index contributed by atoms with van der Waals surface area (Å²) in [6, 6.07) is 0.606. The molecule has 1 heterocycles. The number of aliphatic imine (C=N–C) groups is 1. The Hall–Kier alpha value is -0.180. The van der Waals surface area contributed by atoms with Crippen molar-refractivity contribution in [2.24, 2.45) is 10.9 Å². The molecule has 1 aliphatic rings. The minimum absolute atomic E-state index is 0.606. The average Bonchev–Trinajstić information content (AvgIpc) is 2.50. The van der Waals surface area contributed by atoms with Gasteiger partial charge in [0.1, 0.15) is 0 Å². The number of nitrogens with one attached hydrogen (secondary N) is 1. The normalized spacial score (nSPS) is 24.6. The Morgan fingerprint density at radius 3 is 2.86 bits per heavy atom. The standard InChI is InChI=1S/C11H22N2S/c1-9(2)6-4-5-7-12-11-13-10(3)8-14-11/h9-10H,4-8H2,1-3H3,(H,12,13). The van der Waals surface area contributed by atoms with Crippen molar-refractivity contribution >= 4 is 16.9 Å². The molecule has 1 N–H and O–H groups in total. The quantitative estimate of drug-likeness (QED) is 0.712. The fourth-order valence-corrected chi connectivity index (χ4v) is 2.39. The first-order valence-corrected chi connectivity index (χ1v) is 6.61. The molecule has 2 nitrogen and oxygen atoms in total. The van der Waals surface area contributed by atoms with Gasteiger partial charge in [0.05, 0.1) is 0 Å². The van der Waals surface area contributed by atoms with Gasteiger partial charge in [0, 0.05) is 18.3 Å². The zero-order valence-corrected chi connectivity index (χ0v) is 10.4. The molecule has 1 saturated heterocycles. The van der Waals surface area contributed by atoms with E-state index in [1.165, 1.54) is 25.0 Å². The second-order valence-electron chi connectivity index (χ2n) is 4.43. The molecule has 0 radical (unpaired) electrons. The van der Waals surface area contributed by atoms with Crippen molar-refractivity contribution in [3.8, 4) is 0 Å². The largest absolute Gasteiger partial charge is 0.362 e. The smallest absolute Gasteiger partial charge is 0.156 e. The Morgan fingerprint density at radius 1 is 1.50 bits per heavy atom. The van der Waals surface area contributed by atoms with E-state index in [0.717, 1.165) is 17.6 Å². The van der Waals surface area contributed by atoms with E-state index in [1.54, 1.807) is 0 Å². The van der Waals surface area contributed by atoms with Gasteiger partial charge in [-0.3, -0.25) is 4.99 Å². The molecule has 0 aliphatic carbocycles. The summed E-state index contributed by atoms with van der Waals surface area (Å²) in [5, 5.41) is 4.52. The van der Waals surface area contributed by atoms with E-state index in [9.17, 15) is 0 Å². The molecule has 0 aromatic carbocycles. The van der Waals surface area contributed by atoms with Crippen LogP contribution in [0.1, 0.15) is 40.0 Å². The molecular formula is C11H22N2S. The van der Waals surface area contributed by atoms with E-state index in [-0.39, 0.29) is 0 Å². The van der Waals surface area contributed by atoms with E-state index in [4.69, 9.17) is 0 Å². The van der Waals surface area contributed by atoms with Crippen LogP contribution in [0.5, 0.6) is 0 Å². The first kappa shape index (κ1) is 11.9. The highest BCUT2D eigenvalue weighted by molar-refractivity contribution is 8.14. The van der Waals surface area contributed by atoms with Crippen molar-refractivity contribution in [2.45, 2.75) is 46.1 Å². The summed E-state index contributed by atoms with van der Waals surface area (Å²) < 4.78 is 0. The third-order valence-electron chi connectivity index (χ3n) is 2.28. The van der Waals surface area contributed by atoms with Gasteiger partial charge in [-0.25, -0.2) is 0 Å². The summed E-state index contributed by atoms with van der Waals surface area (Å²) in [5.74, 6) is 2.01. The predicted octanol–water partition coefficient (Wildman–Crippen LogP) is 2.89. The van der Waals surface area contributed by atoms with E-state index in [1.807, 2.05) is 11.8 Å². The molecule has 1 atom stereocenters. The van der Waals surface area contributed by atoms with E-state index in [0.29, 0.717) is 6.04 Å². The van der Waals surface area contributed by atoms with Crippen LogP contribution in [0.15, 0.2) is 4.99 Å². The van der Waals surface area contributed by atoms with Crippen LogP contribution in [0, 0.1) is 5.92 Å². The number of rotatable bonds is 5. The van der Waals surface area contributed by atoms with Crippen molar-refractivity contribution in [1.82, 2.24) is 5.32 Å². The lowest BCUT2D eigenvalue weighted by Gasteiger charge is -2.03. The zero-order valence-electron chi connectivity index (χ0n) is 9.55. The molecule has 14 heavy (non-hydrogen) atoms. The third-order valence-corrected chi connectivity index (χ3v) is 3.47. The molecule has 3 heteroatoms. The van der Waals surface area contributed by atoms with Gasteiger partial charge in [0.15, 0.2) is 5.17 Å². The minimum Gasteiger partial charge on any atom is -0.362 e. The molecule has 0 saturated carbocycles. The Bertz CT molecular complexity index is 190. The van der Waals surface area contributed by atoms with Gasteiger partial charge in [-0.15, -0.1) is 0 Å². The van der Waals surface area contributed by atoms with Crippen molar-refractivity contribution in [3.63, 3.8) is 0 Å². The number of thioether (sulfide) groups is 1. The van der Waals surface area contributed by atoms with Gasteiger partial charge in [-0.2, -0.15) is 0 Å². The van der Waals surface area contributed by atoms with Crippen molar-refractivity contribution < 1.29 is 0 Å². The zero-order chi connectivity index (χ0) is 10.4. The number of nitrogens with zero attached hydrogens (tertiary/aromatic N) is 1. The molecular weight excluding hydrogens is 192 g/mol. The molecule has 1 aliphatic heterocycles. The molecule has 1 unspecified atom stereocenters. The van der Waals surface area contributed by atoms with E-state index < -0.39 is 0 Å². The summed E-state index contributed by atoms with van der Waals surface area (Å²) in [5.41, 5.74) is 0. The second kappa shape index (κ2) is 6.33. The molecule has 1 rings (SSSR count). The molecule has 0 aromatic heterocycles. The van der Waals surface area contributed by atoms with Gasteiger partial charge >= 0.3 is 0 Å². The number of hydrogen-bond acceptors (Lipinski definition) is 2. The average molecular weight is 214 g/mol. The maximum absolute atomic E-state index is 4.54. The maximum Gasteiger partial charge on any atom is 0.156 e. The van der Waals surface area contributed by atoms with Crippen LogP contribution in [-0.2, 0) is 0 Å². The van der Waals surface area contributed by atoms with Crippen LogP contribution in [0.3, 0.4) is 0 Å². The highest BCUT2D eigenvalue weighted by atomic mass is 32.2. The monoisotopic (exact) mass is 214 g/mol. The lowest BCUT2D eigenvalue weighted by Crippen LogP contribution is -2.23. The molecule has 82 valence electrons. The number of unbranched alkanes of at least 4 members (excludes halogenated alkanes) is 1. The van der Waals surface area contributed by atoms with Crippen LogP contribution in [-0.4, -0.2) is 23.5 Å². The summed E-state index contributed by atoms with van der Waals surface area (Å²) in [6.45, 7) is 7.76. The SMILES string of the molecule is CC(C)CCCCN=C1NC(C)CS1. The predicted molar refractivity (Wildman–Crippen MR) is 66.0 cm³/mol. The maximum atomic E-state index is 4.54. The van der Waals surface area contributed by atoms with Crippen LogP contribution in [0.25, 0.3) is 0 Å². The summed E-state index contributed by atoms with van der Waals surface area (Å²) >= 11 is 1.85. The molecule has 0 bridgehead atoms. The Balaban J connectivity index is 2.03. The lowest BCUT2D eigenvalue weighted by atomic mass is 10.1. The summed E-state index contributed by atoms with van der Waals surface area (Å²) in [4.78, 5) is 4.54.